The Morgan fingerprint density at radius 2 is 1.78 bits per heavy atom. The lowest BCUT2D eigenvalue weighted by molar-refractivity contribution is -0.164. The number of nitrogens with one attached hydrogen (secondary N) is 3. The second kappa shape index (κ2) is 14.0. The highest BCUT2D eigenvalue weighted by Gasteiger charge is 2.64. The second-order valence-corrected chi connectivity index (χ2v) is 15.1. The third-order valence-corrected chi connectivity index (χ3v) is 10.6. The van der Waals surface area contributed by atoms with Crippen molar-refractivity contribution in [2.24, 2.45) is 10.8 Å². The summed E-state index contributed by atoms with van der Waals surface area (Å²) in [7, 11) is 0. The Bertz CT molecular complexity index is 2380. The summed E-state index contributed by atoms with van der Waals surface area (Å²) in [5.74, 6) is -0.581. The van der Waals surface area contributed by atoms with Gasteiger partial charge in [0.2, 0.25) is 5.91 Å². The molecule has 2 aromatic heterocycles. The Kier molecular flexibility index (Phi) is 9.40. The van der Waals surface area contributed by atoms with Gasteiger partial charge in [0.1, 0.15) is 29.5 Å². The Morgan fingerprint density at radius 1 is 1.02 bits per heavy atom. The summed E-state index contributed by atoms with van der Waals surface area (Å²) < 4.78 is 9.01. The molecule has 54 heavy (non-hydrogen) atoms. The number of aromatic nitrogens is 6. The molecule has 1 atom stereocenters. The van der Waals surface area contributed by atoms with Crippen molar-refractivity contribution in [1.29, 1.82) is 5.26 Å². The molecule has 2 aliphatic rings. The van der Waals surface area contributed by atoms with E-state index in [1.54, 1.807) is 53.2 Å². The molecule has 0 radical (unpaired) electrons. The molecule has 3 amide bonds. The number of piperidine rings is 1. The van der Waals surface area contributed by atoms with Gasteiger partial charge in [-0.25, -0.2) is 4.68 Å². The standard InChI is InChI=1S/C38H37ClN10O5/c1-37(2)35(38(3,4)36(37)54-26-11-7-22(19-40)28(39)18-26)43-32(51)21-5-9-25(10-6-21)48-20-24(44-46-48)15-16-41-23-8-12-29-27(17-23)34(53)49(47-45-29)30-13-14-31(50)42-33(30)52/h5-12,17-18,20,30,35-36,41H,13-16H2,1-4H3,(H,43,51)(H,42,50,52)/t30?,35-,36-. The molecule has 276 valence electrons. The van der Waals surface area contributed by atoms with Gasteiger partial charge in [-0.15, -0.1) is 10.2 Å². The summed E-state index contributed by atoms with van der Waals surface area (Å²) in [6.07, 6.45) is 2.42. The number of nitriles is 1. The molecule has 16 heteroatoms. The minimum atomic E-state index is -0.899. The van der Waals surface area contributed by atoms with Crippen molar-refractivity contribution in [3.05, 3.63) is 99.1 Å². The van der Waals surface area contributed by atoms with Gasteiger partial charge in [-0.3, -0.25) is 24.5 Å². The number of anilines is 1. The van der Waals surface area contributed by atoms with Crippen molar-refractivity contribution >= 4 is 45.9 Å². The molecule has 7 rings (SSSR count). The molecule has 15 nitrogen and oxygen atoms in total. The van der Waals surface area contributed by atoms with Crippen molar-refractivity contribution in [2.45, 2.75) is 65.1 Å². The minimum Gasteiger partial charge on any atom is -0.489 e. The van der Waals surface area contributed by atoms with Crippen molar-refractivity contribution < 1.29 is 19.1 Å². The molecule has 1 aliphatic heterocycles. The Balaban J connectivity index is 0.944. The van der Waals surface area contributed by atoms with Crippen LogP contribution >= 0.6 is 11.6 Å². The van der Waals surface area contributed by atoms with Crippen molar-refractivity contribution in [3.8, 4) is 17.5 Å². The molecule has 3 aromatic carbocycles. The molecule has 1 saturated heterocycles. The van der Waals surface area contributed by atoms with Gasteiger partial charge < -0.3 is 15.4 Å². The number of ether oxygens (including phenoxy) is 1. The summed E-state index contributed by atoms with van der Waals surface area (Å²) in [5, 5.41) is 35.1. The van der Waals surface area contributed by atoms with Crippen molar-refractivity contribution in [2.75, 3.05) is 11.9 Å². The highest BCUT2D eigenvalue weighted by atomic mass is 35.5. The minimum absolute atomic E-state index is 0.118. The number of amides is 3. The first-order chi connectivity index (χ1) is 25.8. The van der Waals surface area contributed by atoms with Crippen LogP contribution in [-0.2, 0) is 16.0 Å². The van der Waals surface area contributed by atoms with E-state index in [9.17, 15) is 24.4 Å². The molecule has 1 saturated carbocycles. The number of carbonyl (C=O) groups excluding carboxylic acids is 3. The number of halogens is 1. The Morgan fingerprint density at radius 3 is 2.48 bits per heavy atom. The average molecular weight is 749 g/mol. The van der Waals surface area contributed by atoms with Crippen molar-refractivity contribution in [1.82, 2.24) is 40.6 Å². The average Bonchev–Trinajstić information content (AvgIpc) is 3.62. The van der Waals surface area contributed by atoms with Crippen LogP contribution in [0, 0.1) is 22.2 Å². The first-order valence-electron chi connectivity index (χ1n) is 17.4. The van der Waals surface area contributed by atoms with Crippen LogP contribution in [0.15, 0.2) is 71.7 Å². The lowest BCUT2D eigenvalue weighted by Crippen LogP contribution is -2.74. The van der Waals surface area contributed by atoms with Gasteiger partial charge in [-0.2, -0.15) is 9.94 Å². The highest BCUT2D eigenvalue weighted by molar-refractivity contribution is 6.31. The number of imide groups is 1. The van der Waals surface area contributed by atoms with E-state index in [0.717, 1.165) is 16.1 Å². The van der Waals surface area contributed by atoms with Crippen LogP contribution in [0.5, 0.6) is 5.75 Å². The predicted molar refractivity (Wildman–Crippen MR) is 198 cm³/mol. The van der Waals surface area contributed by atoms with E-state index in [1.165, 1.54) is 0 Å². The van der Waals surface area contributed by atoms with E-state index in [0.29, 0.717) is 51.5 Å². The lowest BCUT2D eigenvalue weighted by atomic mass is 9.49. The van der Waals surface area contributed by atoms with Crippen LogP contribution < -0.4 is 26.2 Å². The van der Waals surface area contributed by atoms with E-state index >= 15 is 0 Å². The third-order valence-electron chi connectivity index (χ3n) is 10.3. The van der Waals surface area contributed by atoms with Gasteiger partial charge in [0.25, 0.3) is 17.4 Å². The van der Waals surface area contributed by atoms with Crippen LogP contribution in [0.25, 0.3) is 16.6 Å². The SMILES string of the molecule is CC1(C)[C@H](NC(=O)c2ccc(-n3cc(CCNc4ccc5nnn(C6CCC(=O)NC6=O)c(=O)c5c4)nn3)cc2)C(C)(C)[C@H]1Oc1ccc(C#N)c(Cl)c1. The summed E-state index contributed by atoms with van der Waals surface area (Å²) in [6.45, 7) is 8.71. The fourth-order valence-electron chi connectivity index (χ4n) is 7.73. The van der Waals surface area contributed by atoms with E-state index in [2.05, 4.69) is 70.3 Å². The highest BCUT2D eigenvalue weighted by Crippen LogP contribution is 2.55. The molecule has 5 aromatic rings. The van der Waals surface area contributed by atoms with Gasteiger partial charge in [0.15, 0.2) is 0 Å². The van der Waals surface area contributed by atoms with E-state index in [4.69, 9.17) is 16.3 Å². The zero-order chi connectivity index (χ0) is 38.4. The number of benzene rings is 3. The predicted octanol–water partition coefficient (Wildman–Crippen LogP) is 4.14. The smallest absolute Gasteiger partial charge is 0.278 e. The molecular weight excluding hydrogens is 712 g/mol. The first kappa shape index (κ1) is 36.2. The topological polar surface area (TPSA) is 199 Å². The fourth-order valence-corrected chi connectivity index (χ4v) is 7.95. The van der Waals surface area contributed by atoms with E-state index < -0.39 is 28.3 Å². The van der Waals surface area contributed by atoms with Gasteiger partial charge in [-0.05, 0) is 61.0 Å². The van der Waals surface area contributed by atoms with Crippen LogP contribution in [-0.4, -0.2) is 66.4 Å². The number of rotatable bonds is 10. The molecule has 3 N–H and O–H groups in total. The molecular formula is C38H37ClN10O5. The summed E-state index contributed by atoms with van der Waals surface area (Å²) in [6, 6.07) is 18.2. The van der Waals surface area contributed by atoms with E-state index in [-0.39, 0.29) is 36.8 Å². The van der Waals surface area contributed by atoms with E-state index in [1.807, 2.05) is 18.3 Å². The second-order valence-electron chi connectivity index (χ2n) is 14.7. The zero-order valence-electron chi connectivity index (χ0n) is 30.0. The molecule has 1 unspecified atom stereocenters. The Hall–Kier alpha value is -6.14. The summed E-state index contributed by atoms with van der Waals surface area (Å²) in [4.78, 5) is 50.5. The van der Waals surface area contributed by atoms with Crippen molar-refractivity contribution in [3.63, 3.8) is 0 Å². The molecule has 0 bridgehead atoms. The largest absolute Gasteiger partial charge is 0.489 e. The molecule has 2 fully saturated rings. The number of carbonyl (C=O) groups is 3. The monoisotopic (exact) mass is 748 g/mol. The fraction of sp³-hybridized carbons (Fsp3) is 0.342. The molecule has 0 spiro atoms. The normalized spacial score (nSPS) is 20.0. The Labute approximate surface area is 314 Å². The van der Waals surface area contributed by atoms with Crippen LogP contribution in [0.4, 0.5) is 5.69 Å². The van der Waals surface area contributed by atoms with Crippen LogP contribution in [0.1, 0.15) is 68.2 Å². The quantitative estimate of drug-likeness (QED) is 0.174. The number of hydrogen-bond donors (Lipinski definition) is 3. The van der Waals surface area contributed by atoms with Gasteiger partial charge in [0.05, 0.1) is 33.6 Å². The van der Waals surface area contributed by atoms with Gasteiger partial charge >= 0.3 is 0 Å². The maximum Gasteiger partial charge on any atom is 0.278 e. The van der Waals surface area contributed by atoms with Crippen LogP contribution in [0.2, 0.25) is 5.02 Å². The first-order valence-corrected chi connectivity index (χ1v) is 17.8. The van der Waals surface area contributed by atoms with Gasteiger partial charge in [-0.1, -0.05) is 49.7 Å². The zero-order valence-corrected chi connectivity index (χ0v) is 30.7. The number of hydrogen-bond acceptors (Lipinski definition) is 11. The maximum absolute atomic E-state index is 13.4. The summed E-state index contributed by atoms with van der Waals surface area (Å²) in [5.41, 5.74) is 2.16. The maximum atomic E-state index is 13.4. The summed E-state index contributed by atoms with van der Waals surface area (Å²) >= 11 is 6.22. The third kappa shape index (κ3) is 6.76. The molecule has 3 heterocycles. The molecule has 1 aliphatic carbocycles. The van der Waals surface area contributed by atoms with Gasteiger partial charge in [0, 0.05) is 53.6 Å². The van der Waals surface area contributed by atoms with Crippen LogP contribution in [0.3, 0.4) is 0 Å². The lowest BCUT2D eigenvalue weighted by Gasteiger charge is -2.63. The number of fused-ring (bicyclic) bond motifs is 1. The number of nitrogens with zero attached hydrogens (tertiary/aromatic N) is 7.